The molecule has 3 rings (SSSR count). The average molecular weight is 437 g/mol. The number of amides is 2. The number of carbonyl (C=O) groups excluding carboxylic acids is 2. The van der Waals surface area contributed by atoms with E-state index in [9.17, 15) is 9.59 Å². The van der Waals surface area contributed by atoms with E-state index in [-0.39, 0.29) is 11.8 Å². The lowest BCUT2D eigenvalue weighted by atomic mass is 10.2. The zero-order chi connectivity index (χ0) is 18.5. The highest BCUT2D eigenvalue weighted by Gasteiger charge is 2.34. The Bertz CT molecular complexity index is 778. The number of hydrogen-bond acceptors (Lipinski definition) is 5. The number of unbranched alkanes of at least 4 members (excludes halogenated alkanes) is 1. The summed E-state index contributed by atoms with van der Waals surface area (Å²) in [5.41, 5.74) is 0.948. The molecule has 2 aromatic rings. The number of carbonyl (C=O) groups is 2. The lowest BCUT2D eigenvalue weighted by molar-refractivity contribution is -0.136. The third-order valence-electron chi connectivity index (χ3n) is 4.37. The molecule has 0 aliphatic carbocycles. The molecule has 1 N–H and O–H groups in total. The number of nitrogens with one attached hydrogen (secondary N) is 1. The van der Waals surface area contributed by atoms with Crippen LogP contribution in [0.5, 0.6) is 0 Å². The molecule has 0 radical (unpaired) electrons. The zero-order valence-corrected chi connectivity index (χ0v) is 17.0. The molecule has 1 aromatic heterocycles. The molecule has 1 fully saturated rings. The molecule has 0 bridgehead atoms. The van der Waals surface area contributed by atoms with Crippen LogP contribution in [0.3, 0.4) is 0 Å². The highest BCUT2D eigenvalue weighted by Crippen LogP contribution is 2.28. The number of hydrogen-bond donors (Lipinski definition) is 1. The van der Waals surface area contributed by atoms with Gasteiger partial charge < -0.3 is 4.90 Å². The van der Waals surface area contributed by atoms with Crippen LogP contribution < -0.4 is 5.32 Å². The van der Waals surface area contributed by atoms with Crippen molar-refractivity contribution in [2.45, 2.75) is 45.1 Å². The van der Waals surface area contributed by atoms with E-state index in [1.54, 1.807) is 4.90 Å². The summed E-state index contributed by atoms with van der Waals surface area (Å²) in [6.07, 6.45) is 3.89. The van der Waals surface area contributed by atoms with Crippen molar-refractivity contribution in [2.24, 2.45) is 0 Å². The molecular weight excluding hydrogens is 416 g/mol. The number of nitrogens with zero attached hydrogens (tertiary/aromatic N) is 3. The van der Waals surface area contributed by atoms with E-state index in [0.29, 0.717) is 24.5 Å². The number of halogens is 1. The first kappa shape index (κ1) is 19.0. The summed E-state index contributed by atoms with van der Waals surface area (Å²) >= 11 is 4.73. The fourth-order valence-electron chi connectivity index (χ4n) is 2.98. The number of aromatic nitrogens is 2. The van der Waals surface area contributed by atoms with E-state index in [1.165, 1.54) is 11.3 Å². The Morgan fingerprint density at radius 2 is 2.08 bits per heavy atom. The molecule has 1 saturated heterocycles. The SMILES string of the molecule is CCCCC(=O)N1CCCC1C(=O)Nc1nnc(-c2ccc(Br)cc2)s1. The van der Waals surface area contributed by atoms with Crippen molar-refractivity contribution in [1.82, 2.24) is 15.1 Å². The molecule has 6 nitrogen and oxygen atoms in total. The second-order valence-corrected chi connectivity index (χ2v) is 8.15. The Labute approximate surface area is 165 Å². The zero-order valence-electron chi connectivity index (χ0n) is 14.6. The van der Waals surface area contributed by atoms with Crippen molar-refractivity contribution in [3.8, 4) is 10.6 Å². The Morgan fingerprint density at radius 1 is 1.31 bits per heavy atom. The third kappa shape index (κ3) is 4.48. The predicted octanol–water partition coefficient (Wildman–Crippen LogP) is 4.09. The normalized spacial score (nSPS) is 16.7. The second kappa shape index (κ2) is 8.73. The molecule has 1 aliphatic heterocycles. The summed E-state index contributed by atoms with van der Waals surface area (Å²) in [6.45, 7) is 2.71. The molecule has 2 heterocycles. The van der Waals surface area contributed by atoms with Gasteiger partial charge in [-0.2, -0.15) is 0 Å². The minimum atomic E-state index is -0.403. The highest BCUT2D eigenvalue weighted by molar-refractivity contribution is 9.10. The Kier molecular flexibility index (Phi) is 6.37. The highest BCUT2D eigenvalue weighted by atomic mass is 79.9. The summed E-state index contributed by atoms with van der Waals surface area (Å²) in [6, 6.07) is 7.36. The number of rotatable bonds is 6. The maximum Gasteiger partial charge on any atom is 0.249 e. The average Bonchev–Trinajstić information content (AvgIpc) is 3.30. The Balaban J connectivity index is 1.64. The molecule has 1 aliphatic rings. The van der Waals surface area contributed by atoms with Crippen molar-refractivity contribution in [3.05, 3.63) is 28.7 Å². The molecule has 138 valence electrons. The predicted molar refractivity (Wildman–Crippen MR) is 106 cm³/mol. The molecule has 0 spiro atoms. The topological polar surface area (TPSA) is 75.2 Å². The van der Waals surface area contributed by atoms with Crippen molar-refractivity contribution >= 4 is 44.2 Å². The van der Waals surface area contributed by atoms with E-state index < -0.39 is 6.04 Å². The van der Waals surface area contributed by atoms with Gasteiger partial charge in [0.25, 0.3) is 0 Å². The second-order valence-electron chi connectivity index (χ2n) is 6.26. The summed E-state index contributed by atoms with van der Waals surface area (Å²) in [4.78, 5) is 26.6. The van der Waals surface area contributed by atoms with Crippen molar-refractivity contribution in [2.75, 3.05) is 11.9 Å². The molecule has 1 unspecified atom stereocenters. The van der Waals surface area contributed by atoms with Crippen LogP contribution in [0.4, 0.5) is 5.13 Å². The Hall–Kier alpha value is -1.80. The smallest absolute Gasteiger partial charge is 0.249 e. The van der Waals surface area contributed by atoms with Gasteiger partial charge in [0.1, 0.15) is 11.0 Å². The van der Waals surface area contributed by atoms with Crippen LogP contribution in [-0.4, -0.2) is 39.5 Å². The molecule has 1 aromatic carbocycles. The quantitative estimate of drug-likeness (QED) is 0.739. The van der Waals surface area contributed by atoms with Gasteiger partial charge in [-0.3, -0.25) is 14.9 Å². The fourth-order valence-corrected chi connectivity index (χ4v) is 4.00. The van der Waals surface area contributed by atoms with Crippen molar-refractivity contribution in [3.63, 3.8) is 0 Å². The minimum Gasteiger partial charge on any atom is -0.331 e. The number of likely N-dealkylation sites (tertiary alicyclic amines) is 1. The maximum atomic E-state index is 12.6. The van der Waals surface area contributed by atoms with Gasteiger partial charge in [-0.05, 0) is 31.4 Å². The van der Waals surface area contributed by atoms with Gasteiger partial charge in [-0.25, -0.2) is 0 Å². The molecular formula is C18H21BrN4O2S. The molecule has 26 heavy (non-hydrogen) atoms. The lowest BCUT2D eigenvalue weighted by Crippen LogP contribution is -2.43. The van der Waals surface area contributed by atoms with Crippen LogP contribution in [0.25, 0.3) is 10.6 Å². The van der Waals surface area contributed by atoms with Gasteiger partial charge in [0, 0.05) is 23.0 Å². The summed E-state index contributed by atoms with van der Waals surface area (Å²) < 4.78 is 0.994. The first-order valence-corrected chi connectivity index (χ1v) is 10.4. The van der Waals surface area contributed by atoms with E-state index in [1.807, 2.05) is 24.3 Å². The van der Waals surface area contributed by atoms with Gasteiger partial charge in [0.15, 0.2) is 0 Å². The monoisotopic (exact) mass is 436 g/mol. The molecule has 8 heteroatoms. The third-order valence-corrected chi connectivity index (χ3v) is 5.78. The van der Waals surface area contributed by atoms with Crippen LogP contribution in [0, 0.1) is 0 Å². The first-order valence-electron chi connectivity index (χ1n) is 8.78. The molecule has 2 amide bonds. The lowest BCUT2D eigenvalue weighted by Gasteiger charge is -2.23. The standard InChI is InChI=1S/C18H21BrN4O2S/c1-2-3-6-15(24)23-11-4-5-14(23)16(25)20-18-22-21-17(26-18)12-7-9-13(19)10-8-12/h7-10,14H,2-6,11H2,1H3,(H,20,22,25). The van der Waals surface area contributed by atoms with Gasteiger partial charge >= 0.3 is 0 Å². The van der Waals surface area contributed by atoms with Gasteiger partial charge in [0.2, 0.25) is 16.9 Å². The van der Waals surface area contributed by atoms with Crippen LogP contribution in [0.2, 0.25) is 0 Å². The number of anilines is 1. The Morgan fingerprint density at radius 3 is 2.81 bits per heavy atom. The maximum absolute atomic E-state index is 12.6. The van der Waals surface area contributed by atoms with E-state index in [0.717, 1.165) is 34.3 Å². The largest absolute Gasteiger partial charge is 0.331 e. The van der Waals surface area contributed by atoms with Crippen LogP contribution in [-0.2, 0) is 9.59 Å². The number of benzene rings is 1. The summed E-state index contributed by atoms with van der Waals surface area (Å²) in [5, 5.41) is 12.2. The van der Waals surface area contributed by atoms with E-state index in [2.05, 4.69) is 38.4 Å². The van der Waals surface area contributed by atoms with Crippen molar-refractivity contribution in [1.29, 1.82) is 0 Å². The van der Waals surface area contributed by atoms with Crippen LogP contribution >= 0.6 is 27.3 Å². The molecule has 0 saturated carbocycles. The van der Waals surface area contributed by atoms with Crippen LogP contribution in [0.1, 0.15) is 39.0 Å². The van der Waals surface area contributed by atoms with Crippen molar-refractivity contribution < 1.29 is 9.59 Å². The summed E-state index contributed by atoms with van der Waals surface area (Å²) in [7, 11) is 0. The first-order chi connectivity index (χ1) is 12.6. The summed E-state index contributed by atoms with van der Waals surface area (Å²) in [5.74, 6) is -0.108. The van der Waals surface area contributed by atoms with Gasteiger partial charge in [-0.1, -0.05) is 52.7 Å². The van der Waals surface area contributed by atoms with Gasteiger partial charge in [0.05, 0.1) is 0 Å². The fraction of sp³-hybridized carbons (Fsp3) is 0.444. The van der Waals surface area contributed by atoms with Gasteiger partial charge in [-0.15, -0.1) is 10.2 Å². The molecule has 1 atom stereocenters. The van der Waals surface area contributed by atoms with E-state index in [4.69, 9.17) is 0 Å². The van der Waals surface area contributed by atoms with Crippen LogP contribution in [0.15, 0.2) is 28.7 Å². The van der Waals surface area contributed by atoms with E-state index >= 15 is 0 Å². The minimum absolute atomic E-state index is 0.0670.